The molecule has 0 spiro atoms. The van der Waals surface area contributed by atoms with Gasteiger partial charge < -0.3 is 10.6 Å². The Kier molecular flexibility index (Phi) is 5.58. The normalized spacial score (nSPS) is 26.8. The number of rotatable bonds is 5. The van der Waals surface area contributed by atoms with Crippen molar-refractivity contribution in [3.63, 3.8) is 0 Å². The lowest BCUT2D eigenvalue weighted by molar-refractivity contribution is 0.0980. The number of hydrogen-bond acceptors (Lipinski definition) is 3. The monoisotopic (exact) mass is 213 g/mol. The number of nitrogens with two attached hydrogens (primary N) is 1. The maximum absolute atomic E-state index is 5.92. The van der Waals surface area contributed by atoms with Gasteiger partial charge in [-0.25, -0.2) is 0 Å². The predicted molar refractivity (Wildman–Crippen MR) is 66.0 cm³/mol. The van der Waals surface area contributed by atoms with Crippen LogP contribution >= 0.6 is 0 Å². The van der Waals surface area contributed by atoms with Gasteiger partial charge in [0, 0.05) is 31.7 Å². The van der Waals surface area contributed by atoms with Crippen LogP contribution < -0.4 is 5.73 Å². The van der Waals surface area contributed by atoms with Crippen LogP contribution in [0.5, 0.6) is 0 Å². The van der Waals surface area contributed by atoms with Crippen molar-refractivity contribution in [3.05, 3.63) is 0 Å². The molecular formula is C12H27N3. The summed E-state index contributed by atoms with van der Waals surface area (Å²) in [5.41, 5.74) is 5.92. The van der Waals surface area contributed by atoms with Crippen molar-refractivity contribution >= 4 is 0 Å². The van der Waals surface area contributed by atoms with E-state index in [1.165, 1.54) is 39.0 Å². The van der Waals surface area contributed by atoms with Crippen LogP contribution in [0, 0.1) is 0 Å². The third-order valence-electron chi connectivity index (χ3n) is 3.51. The first-order valence-corrected chi connectivity index (χ1v) is 6.31. The summed E-state index contributed by atoms with van der Waals surface area (Å²) >= 11 is 0. The molecule has 1 rings (SSSR count). The minimum atomic E-state index is 0.410. The van der Waals surface area contributed by atoms with E-state index in [-0.39, 0.29) is 0 Å². The van der Waals surface area contributed by atoms with Gasteiger partial charge >= 0.3 is 0 Å². The van der Waals surface area contributed by atoms with Gasteiger partial charge in [0.15, 0.2) is 0 Å². The van der Waals surface area contributed by atoms with Gasteiger partial charge in [-0.2, -0.15) is 0 Å². The minimum absolute atomic E-state index is 0.410. The molecule has 0 aromatic rings. The fraction of sp³-hybridized carbons (Fsp3) is 1.00. The number of likely N-dealkylation sites (N-methyl/N-ethyl adjacent to an activating group) is 1. The zero-order valence-corrected chi connectivity index (χ0v) is 10.6. The van der Waals surface area contributed by atoms with E-state index in [1.54, 1.807) is 0 Å². The van der Waals surface area contributed by atoms with Crippen molar-refractivity contribution in [2.24, 2.45) is 5.73 Å². The first-order valence-electron chi connectivity index (χ1n) is 6.31. The van der Waals surface area contributed by atoms with Gasteiger partial charge in [0.1, 0.15) is 0 Å². The van der Waals surface area contributed by atoms with E-state index in [2.05, 4.69) is 30.7 Å². The topological polar surface area (TPSA) is 32.5 Å². The predicted octanol–water partition coefficient (Wildman–Crippen LogP) is 1.14. The van der Waals surface area contributed by atoms with Gasteiger partial charge in [-0.3, -0.25) is 4.90 Å². The molecule has 2 unspecified atom stereocenters. The standard InChI is InChI=1S/C12H27N3/c1-4-12(13)6-5-7-15-9-8-14(3)10-11(15)2/h11-12H,4-10,13H2,1-3H3. The van der Waals surface area contributed by atoms with E-state index in [1.807, 2.05) is 0 Å². The SMILES string of the molecule is CCC(N)CCCN1CCN(C)CC1C. The summed E-state index contributed by atoms with van der Waals surface area (Å²) in [5.74, 6) is 0. The molecule has 0 aliphatic carbocycles. The summed E-state index contributed by atoms with van der Waals surface area (Å²) in [7, 11) is 2.21. The molecule has 15 heavy (non-hydrogen) atoms. The highest BCUT2D eigenvalue weighted by atomic mass is 15.3. The molecule has 1 saturated heterocycles. The lowest BCUT2D eigenvalue weighted by Crippen LogP contribution is -2.50. The fourth-order valence-electron chi connectivity index (χ4n) is 2.27. The van der Waals surface area contributed by atoms with Crippen LogP contribution in [-0.4, -0.2) is 55.1 Å². The van der Waals surface area contributed by atoms with Crippen molar-refractivity contribution in [2.75, 3.05) is 33.2 Å². The first-order chi connectivity index (χ1) is 7.13. The van der Waals surface area contributed by atoms with Gasteiger partial charge in [0.2, 0.25) is 0 Å². The molecule has 1 heterocycles. The smallest absolute Gasteiger partial charge is 0.0195 e. The lowest BCUT2D eigenvalue weighted by Gasteiger charge is -2.38. The second-order valence-corrected chi connectivity index (χ2v) is 4.96. The molecule has 0 aromatic heterocycles. The summed E-state index contributed by atoms with van der Waals surface area (Å²) in [6.45, 7) is 9.37. The van der Waals surface area contributed by atoms with Crippen molar-refractivity contribution in [1.82, 2.24) is 9.80 Å². The van der Waals surface area contributed by atoms with Gasteiger partial charge in [-0.15, -0.1) is 0 Å². The van der Waals surface area contributed by atoms with Crippen LogP contribution in [0.1, 0.15) is 33.1 Å². The molecule has 2 atom stereocenters. The first kappa shape index (κ1) is 12.9. The number of nitrogens with zero attached hydrogens (tertiary/aromatic N) is 2. The Hall–Kier alpha value is -0.120. The minimum Gasteiger partial charge on any atom is -0.328 e. The van der Waals surface area contributed by atoms with Crippen LogP contribution in [0.2, 0.25) is 0 Å². The molecular weight excluding hydrogens is 186 g/mol. The molecule has 1 fully saturated rings. The third-order valence-corrected chi connectivity index (χ3v) is 3.51. The third kappa shape index (κ3) is 4.49. The molecule has 3 nitrogen and oxygen atoms in total. The summed E-state index contributed by atoms with van der Waals surface area (Å²) in [4.78, 5) is 5.02. The van der Waals surface area contributed by atoms with E-state index in [0.29, 0.717) is 12.1 Å². The Labute approximate surface area is 94.6 Å². The molecule has 0 amide bonds. The molecule has 90 valence electrons. The summed E-state index contributed by atoms with van der Waals surface area (Å²) in [5, 5.41) is 0. The van der Waals surface area contributed by atoms with Crippen LogP contribution in [-0.2, 0) is 0 Å². The van der Waals surface area contributed by atoms with E-state index < -0.39 is 0 Å². The van der Waals surface area contributed by atoms with E-state index in [0.717, 1.165) is 6.42 Å². The van der Waals surface area contributed by atoms with Crippen molar-refractivity contribution < 1.29 is 0 Å². The number of hydrogen-bond donors (Lipinski definition) is 1. The highest BCUT2D eigenvalue weighted by molar-refractivity contribution is 4.77. The van der Waals surface area contributed by atoms with Crippen LogP contribution in [0.25, 0.3) is 0 Å². The fourth-order valence-corrected chi connectivity index (χ4v) is 2.27. The van der Waals surface area contributed by atoms with Crippen LogP contribution in [0.4, 0.5) is 0 Å². The van der Waals surface area contributed by atoms with Gasteiger partial charge in [0.05, 0.1) is 0 Å². The van der Waals surface area contributed by atoms with Gasteiger partial charge in [-0.05, 0) is 39.8 Å². The van der Waals surface area contributed by atoms with Gasteiger partial charge in [0.25, 0.3) is 0 Å². The molecule has 0 bridgehead atoms. The molecule has 1 aliphatic heterocycles. The zero-order valence-electron chi connectivity index (χ0n) is 10.6. The van der Waals surface area contributed by atoms with Crippen molar-refractivity contribution in [3.8, 4) is 0 Å². The van der Waals surface area contributed by atoms with Crippen molar-refractivity contribution in [2.45, 2.75) is 45.2 Å². The summed E-state index contributed by atoms with van der Waals surface area (Å²) < 4.78 is 0. The Morgan fingerprint density at radius 3 is 2.73 bits per heavy atom. The maximum Gasteiger partial charge on any atom is 0.0195 e. The van der Waals surface area contributed by atoms with E-state index >= 15 is 0 Å². The average Bonchev–Trinajstić information content (AvgIpc) is 2.21. The molecule has 0 saturated carbocycles. The van der Waals surface area contributed by atoms with Crippen LogP contribution in [0.3, 0.4) is 0 Å². The van der Waals surface area contributed by atoms with Crippen molar-refractivity contribution in [1.29, 1.82) is 0 Å². The zero-order chi connectivity index (χ0) is 11.3. The molecule has 3 heteroatoms. The lowest BCUT2D eigenvalue weighted by atomic mass is 10.1. The Balaban J connectivity index is 2.15. The Morgan fingerprint density at radius 2 is 2.13 bits per heavy atom. The number of piperazine rings is 1. The van der Waals surface area contributed by atoms with E-state index in [4.69, 9.17) is 5.73 Å². The maximum atomic E-state index is 5.92. The molecule has 0 radical (unpaired) electrons. The second-order valence-electron chi connectivity index (χ2n) is 4.96. The Bertz CT molecular complexity index is 172. The van der Waals surface area contributed by atoms with Crippen LogP contribution in [0.15, 0.2) is 0 Å². The Morgan fingerprint density at radius 1 is 1.40 bits per heavy atom. The van der Waals surface area contributed by atoms with Gasteiger partial charge in [-0.1, -0.05) is 6.92 Å². The quantitative estimate of drug-likeness (QED) is 0.743. The average molecular weight is 213 g/mol. The molecule has 0 aromatic carbocycles. The second kappa shape index (κ2) is 6.46. The molecule has 1 aliphatic rings. The summed E-state index contributed by atoms with van der Waals surface area (Å²) in [6, 6.07) is 1.12. The summed E-state index contributed by atoms with van der Waals surface area (Å²) in [6.07, 6.45) is 3.54. The molecule has 2 N–H and O–H groups in total. The van der Waals surface area contributed by atoms with E-state index in [9.17, 15) is 0 Å². The largest absolute Gasteiger partial charge is 0.328 e. The highest BCUT2D eigenvalue weighted by Gasteiger charge is 2.20. The highest BCUT2D eigenvalue weighted by Crippen LogP contribution is 2.09.